The molecule has 0 aliphatic carbocycles. The van der Waals surface area contributed by atoms with E-state index in [1.54, 1.807) is 0 Å². The van der Waals surface area contributed by atoms with E-state index < -0.39 is 17.1 Å². The molecule has 3 N–H and O–H groups in total. The third-order valence-corrected chi connectivity index (χ3v) is 2.41. The number of nitrogens with zero attached hydrogens (tertiary/aromatic N) is 2. The van der Waals surface area contributed by atoms with E-state index >= 15 is 0 Å². The van der Waals surface area contributed by atoms with Crippen LogP contribution in [0.5, 0.6) is 0 Å². The molecule has 0 bridgehead atoms. The van der Waals surface area contributed by atoms with Gasteiger partial charge in [-0.1, -0.05) is 0 Å². The Hall–Kier alpha value is -1.57. The van der Waals surface area contributed by atoms with Crippen LogP contribution in [0, 0.1) is 17.0 Å². The van der Waals surface area contributed by atoms with Crippen molar-refractivity contribution in [1.82, 2.24) is 4.98 Å². The maximum absolute atomic E-state index is 10.7. The van der Waals surface area contributed by atoms with Crippen molar-refractivity contribution in [2.75, 3.05) is 6.61 Å². The van der Waals surface area contributed by atoms with Crippen LogP contribution in [-0.4, -0.2) is 37.9 Å². The number of aliphatic hydroxyl groups is 3. The smallest absolute Gasteiger partial charge is 0.290 e. The van der Waals surface area contributed by atoms with Crippen LogP contribution < -0.4 is 0 Å². The molecule has 0 spiro atoms. The Balaban J connectivity index is 2.99. The standard InChI is InChI=1S/C10H14N2O5/c1-6-8(12(16)17)4-7(5-11-6)10(15)9(14)2-3-13/h4-5,9-10,13-15H,2-3H2,1H3. The van der Waals surface area contributed by atoms with E-state index in [9.17, 15) is 20.3 Å². The Kier molecular flexibility index (Phi) is 4.50. The summed E-state index contributed by atoms with van der Waals surface area (Å²) >= 11 is 0. The molecular weight excluding hydrogens is 228 g/mol. The van der Waals surface area contributed by atoms with Crippen LogP contribution in [-0.2, 0) is 0 Å². The van der Waals surface area contributed by atoms with Gasteiger partial charge in [0.2, 0.25) is 0 Å². The zero-order valence-electron chi connectivity index (χ0n) is 9.28. The van der Waals surface area contributed by atoms with Crippen molar-refractivity contribution in [2.45, 2.75) is 25.6 Å². The average molecular weight is 242 g/mol. The first-order chi connectivity index (χ1) is 7.97. The molecule has 0 radical (unpaired) electrons. The van der Waals surface area contributed by atoms with Crippen LogP contribution in [0.1, 0.15) is 23.8 Å². The van der Waals surface area contributed by atoms with Gasteiger partial charge in [-0.05, 0) is 13.3 Å². The molecule has 7 heteroatoms. The lowest BCUT2D eigenvalue weighted by atomic mass is 10.0. The Bertz CT molecular complexity index is 410. The maximum Gasteiger partial charge on any atom is 0.290 e. The fourth-order valence-corrected chi connectivity index (χ4v) is 1.40. The molecule has 1 aromatic heterocycles. The minimum atomic E-state index is -1.30. The van der Waals surface area contributed by atoms with E-state index in [2.05, 4.69) is 4.98 Å². The minimum Gasteiger partial charge on any atom is -0.396 e. The Morgan fingerprint density at radius 1 is 1.53 bits per heavy atom. The first-order valence-corrected chi connectivity index (χ1v) is 5.05. The number of hydrogen-bond donors (Lipinski definition) is 3. The molecular formula is C10H14N2O5. The molecule has 0 fully saturated rings. The average Bonchev–Trinajstić information content (AvgIpc) is 2.28. The van der Waals surface area contributed by atoms with E-state index in [-0.39, 0.29) is 30.0 Å². The molecule has 1 heterocycles. The summed E-state index contributed by atoms with van der Waals surface area (Å²) < 4.78 is 0. The van der Waals surface area contributed by atoms with Gasteiger partial charge in [0.05, 0.1) is 11.0 Å². The fourth-order valence-electron chi connectivity index (χ4n) is 1.40. The van der Waals surface area contributed by atoms with E-state index in [1.165, 1.54) is 19.2 Å². The zero-order chi connectivity index (χ0) is 13.0. The monoisotopic (exact) mass is 242 g/mol. The van der Waals surface area contributed by atoms with Gasteiger partial charge in [0.15, 0.2) is 0 Å². The number of aromatic nitrogens is 1. The predicted octanol–water partition coefficient (Wildman–Crippen LogP) is 0.0749. The second-order valence-electron chi connectivity index (χ2n) is 3.65. The predicted molar refractivity (Wildman–Crippen MR) is 58.3 cm³/mol. The number of aryl methyl sites for hydroxylation is 1. The Morgan fingerprint density at radius 2 is 2.18 bits per heavy atom. The highest BCUT2D eigenvalue weighted by atomic mass is 16.6. The summed E-state index contributed by atoms with van der Waals surface area (Å²) in [4.78, 5) is 13.9. The van der Waals surface area contributed by atoms with Crippen LogP contribution >= 0.6 is 0 Å². The van der Waals surface area contributed by atoms with Gasteiger partial charge in [0, 0.05) is 24.4 Å². The minimum absolute atomic E-state index is 0.0111. The van der Waals surface area contributed by atoms with Crippen molar-refractivity contribution in [1.29, 1.82) is 0 Å². The molecule has 94 valence electrons. The van der Waals surface area contributed by atoms with Crippen molar-refractivity contribution < 1.29 is 20.2 Å². The summed E-state index contributed by atoms with van der Waals surface area (Å²) in [7, 11) is 0. The number of pyridine rings is 1. The van der Waals surface area contributed by atoms with Gasteiger partial charge in [-0.25, -0.2) is 0 Å². The summed E-state index contributed by atoms with van der Waals surface area (Å²) in [6.07, 6.45) is -1.21. The molecule has 0 amide bonds. The van der Waals surface area contributed by atoms with Crippen molar-refractivity contribution in [2.24, 2.45) is 0 Å². The fraction of sp³-hybridized carbons (Fsp3) is 0.500. The molecule has 0 aliphatic heterocycles. The van der Waals surface area contributed by atoms with Crippen LogP contribution in [0.4, 0.5) is 5.69 Å². The summed E-state index contributed by atoms with van der Waals surface area (Å²) in [5, 5.41) is 38.5. The molecule has 0 saturated heterocycles. The Morgan fingerprint density at radius 3 is 2.71 bits per heavy atom. The number of aliphatic hydroxyl groups excluding tert-OH is 3. The van der Waals surface area contributed by atoms with Crippen molar-refractivity contribution in [3.8, 4) is 0 Å². The van der Waals surface area contributed by atoms with E-state index in [1.807, 2.05) is 0 Å². The van der Waals surface area contributed by atoms with E-state index in [0.717, 1.165) is 0 Å². The molecule has 2 atom stereocenters. The van der Waals surface area contributed by atoms with Gasteiger partial charge in [0.25, 0.3) is 5.69 Å². The normalized spacial score (nSPS) is 14.4. The summed E-state index contributed by atoms with van der Waals surface area (Å²) in [6.45, 7) is 1.21. The topological polar surface area (TPSA) is 117 Å². The lowest BCUT2D eigenvalue weighted by Crippen LogP contribution is -2.19. The molecule has 1 rings (SSSR count). The van der Waals surface area contributed by atoms with Gasteiger partial charge in [0.1, 0.15) is 11.8 Å². The molecule has 17 heavy (non-hydrogen) atoms. The SMILES string of the molecule is Cc1ncc(C(O)C(O)CCO)cc1[N+](=O)[O-]. The summed E-state index contributed by atoms with van der Waals surface area (Å²) in [5.74, 6) is 0. The van der Waals surface area contributed by atoms with Crippen molar-refractivity contribution in [3.05, 3.63) is 33.6 Å². The van der Waals surface area contributed by atoms with Gasteiger partial charge < -0.3 is 15.3 Å². The number of hydrogen-bond acceptors (Lipinski definition) is 6. The third kappa shape index (κ3) is 3.19. The quantitative estimate of drug-likeness (QED) is 0.497. The second-order valence-corrected chi connectivity index (χ2v) is 3.65. The molecule has 0 aliphatic rings. The van der Waals surface area contributed by atoms with Gasteiger partial charge in [-0.15, -0.1) is 0 Å². The zero-order valence-corrected chi connectivity index (χ0v) is 9.28. The van der Waals surface area contributed by atoms with E-state index in [0.29, 0.717) is 0 Å². The van der Waals surface area contributed by atoms with Crippen LogP contribution in [0.25, 0.3) is 0 Å². The highest BCUT2D eigenvalue weighted by Gasteiger charge is 2.21. The lowest BCUT2D eigenvalue weighted by Gasteiger charge is -2.16. The summed E-state index contributed by atoms with van der Waals surface area (Å²) in [6, 6.07) is 1.17. The molecule has 2 unspecified atom stereocenters. The van der Waals surface area contributed by atoms with Crippen LogP contribution in [0.2, 0.25) is 0 Å². The second kappa shape index (κ2) is 5.67. The highest BCUT2D eigenvalue weighted by molar-refractivity contribution is 5.38. The Labute approximate surface area is 97.5 Å². The highest BCUT2D eigenvalue weighted by Crippen LogP contribution is 2.24. The number of rotatable bonds is 5. The van der Waals surface area contributed by atoms with Gasteiger partial charge in [-0.2, -0.15) is 0 Å². The molecule has 1 aromatic rings. The van der Waals surface area contributed by atoms with E-state index in [4.69, 9.17) is 5.11 Å². The van der Waals surface area contributed by atoms with Crippen LogP contribution in [0.3, 0.4) is 0 Å². The largest absolute Gasteiger partial charge is 0.396 e. The number of nitro groups is 1. The summed E-state index contributed by atoms with van der Waals surface area (Å²) in [5.41, 5.74) is 0.184. The molecule has 0 saturated carbocycles. The molecule has 7 nitrogen and oxygen atoms in total. The first kappa shape index (κ1) is 13.5. The van der Waals surface area contributed by atoms with Crippen LogP contribution in [0.15, 0.2) is 12.3 Å². The van der Waals surface area contributed by atoms with Crippen molar-refractivity contribution >= 4 is 5.69 Å². The third-order valence-electron chi connectivity index (χ3n) is 2.41. The van der Waals surface area contributed by atoms with Gasteiger partial charge in [-0.3, -0.25) is 15.1 Å². The first-order valence-electron chi connectivity index (χ1n) is 5.05. The van der Waals surface area contributed by atoms with Gasteiger partial charge >= 0.3 is 0 Å². The molecule has 0 aromatic carbocycles. The lowest BCUT2D eigenvalue weighted by molar-refractivity contribution is -0.385. The van der Waals surface area contributed by atoms with Crippen molar-refractivity contribution in [3.63, 3.8) is 0 Å². The maximum atomic E-state index is 10.7.